The van der Waals surface area contributed by atoms with Crippen LogP contribution in [0.4, 0.5) is 5.13 Å². The molecule has 8 heteroatoms. The number of carbonyl (C=O) groups is 1. The molecule has 0 spiro atoms. The Morgan fingerprint density at radius 3 is 2.72 bits per heavy atom. The van der Waals surface area contributed by atoms with E-state index in [9.17, 15) is 4.79 Å². The van der Waals surface area contributed by atoms with Crippen LogP contribution < -0.4 is 4.90 Å². The molecule has 0 radical (unpaired) electrons. The third kappa shape index (κ3) is 4.64. The van der Waals surface area contributed by atoms with Crippen LogP contribution in [0.25, 0.3) is 10.2 Å². The second kappa shape index (κ2) is 9.10. The van der Waals surface area contributed by atoms with Gasteiger partial charge in [0.15, 0.2) is 5.13 Å². The van der Waals surface area contributed by atoms with Crippen molar-refractivity contribution in [2.75, 3.05) is 44.3 Å². The average Bonchev–Trinajstić information content (AvgIpc) is 3.35. The Bertz CT molecular complexity index is 1010. The Morgan fingerprint density at radius 1 is 1.21 bits per heavy atom. The van der Waals surface area contributed by atoms with Crippen molar-refractivity contribution in [3.05, 3.63) is 44.6 Å². The van der Waals surface area contributed by atoms with Gasteiger partial charge in [0.1, 0.15) is 0 Å². The molecule has 1 amide bonds. The van der Waals surface area contributed by atoms with Gasteiger partial charge in [0.05, 0.1) is 32.6 Å². The first kappa shape index (κ1) is 20.8. The van der Waals surface area contributed by atoms with Crippen LogP contribution in [0.3, 0.4) is 0 Å². The van der Waals surface area contributed by atoms with E-state index in [1.165, 1.54) is 22.5 Å². The fourth-order valence-corrected chi connectivity index (χ4v) is 5.49. The number of aryl methyl sites for hydroxylation is 2. The van der Waals surface area contributed by atoms with Gasteiger partial charge in [-0.25, -0.2) is 4.98 Å². The van der Waals surface area contributed by atoms with Crippen LogP contribution in [-0.4, -0.2) is 55.2 Å². The summed E-state index contributed by atoms with van der Waals surface area (Å²) in [5.41, 5.74) is 3.37. The molecular formula is C21H24ClN3O2S2. The fraction of sp³-hybridized carbons (Fsp3) is 0.429. The second-order valence-corrected chi connectivity index (χ2v) is 9.94. The SMILES string of the molecule is Cc1ccc2sc(N(CCCN3CCOCC3)C(=O)c3ccc(Cl)s3)nc2c1C. The number of hydrogen-bond donors (Lipinski definition) is 0. The number of ether oxygens (including phenoxy) is 1. The van der Waals surface area contributed by atoms with Gasteiger partial charge in [-0.3, -0.25) is 14.6 Å². The van der Waals surface area contributed by atoms with Crippen LogP contribution in [-0.2, 0) is 4.74 Å². The Kier molecular flexibility index (Phi) is 6.51. The summed E-state index contributed by atoms with van der Waals surface area (Å²) in [7, 11) is 0. The normalized spacial score (nSPS) is 15.1. The molecule has 1 fully saturated rings. The highest BCUT2D eigenvalue weighted by Gasteiger charge is 2.23. The highest BCUT2D eigenvalue weighted by molar-refractivity contribution is 7.22. The number of rotatable bonds is 6. The third-order valence-electron chi connectivity index (χ3n) is 5.29. The zero-order valence-corrected chi connectivity index (χ0v) is 19.0. The van der Waals surface area contributed by atoms with E-state index in [-0.39, 0.29) is 5.91 Å². The highest BCUT2D eigenvalue weighted by Crippen LogP contribution is 2.33. The minimum Gasteiger partial charge on any atom is -0.379 e. The van der Waals surface area contributed by atoms with E-state index < -0.39 is 0 Å². The fourth-order valence-electron chi connectivity index (χ4n) is 3.45. The number of morpholine rings is 1. The summed E-state index contributed by atoms with van der Waals surface area (Å²) in [5.74, 6) is -0.0303. The molecule has 3 heterocycles. The van der Waals surface area contributed by atoms with Gasteiger partial charge in [-0.15, -0.1) is 11.3 Å². The molecule has 1 aliphatic rings. The zero-order chi connectivity index (χ0) is 20.4. The number of hydrogen-bond acceptors (Lipinski definition) is 6. The van der Waals surface area contributed by atoms with Crippen molar-refractivity contribution in [1.29, 1.82) is 0 Å². The molecule has 0 saturated carbocycles. The molecule has 1 saturated heterocycles. The minimum atomic E-state index is -0.0303. The van der Waals surface area contributed by atoms with Crippen molar-refractivity contribution >= 4 is 55.5 Å². The van der Waals surface area contributed by atoms with Crippen molar-refractivity contribution in [2.45, 2.75) is 20.3 Å². The van der Waals surface area contributed by atoms with Gasteiger partial charge in [-0.05, 0) is 49.6 Å². The molecule has 0 atom stereocenters. The van der Waals surface area contributed by atoms with Crippen LogP contribution >= 0.6 is 34.3 Å². The van der Waals surface area contributed by atoms with Crippen LogP contribution in [0.1, 0.15) is 27.2 Å². The number of anilines is 1. The quantitative estimate of drug-likeness (QED) is 0.531. The second-order valence-electron chi connectivity index (χ2n) is 7.22. The Morgan fingerprint density at radius 2 is 2.00 bits per heavy atom. The van der Waals surface area contributed by atoms with E-state index in [0.29, 0.717) is 15.8 Å². The molecule has 0 aliphatic carbocycles. The summed E-state index contributed by atoms with van der Waals surface area (Å²) in [4.78, 5) is 23.0. The first-order chi connectivity index (χ1) is 14.0. The van der Waals surface area contributed by atoms with E-state index in [0.717, 1.165) is 54.6 Å². The van der Waals surface area contributed by atoms with E-state index >= 15 is 0 Å². The van der Waals surface area contributed by atoms with Gasteiger partial charge in [-0.2, -0.15) is 0 Å². The van der Waals surface area contributed by atoms with Gasteiger partial charge < -0.3 is 4.74 Å². The van der Waals surface area contributed by atoms with Crippen molar-refractivity contribution in [2.24, 2.45) is 0 Å². The lowest BCUT2D eigenvalue weighted by molar-refractivity contribution is 0.0376. The van der Waals surface area contributed by atoms with Gasteiger partial charge >= 0.3 is 0 Å². The zero-order valence-electron chi connectivity index (χ0n) is 16.6. The first-order valence-electron chi connectivity index (χ1n) is 9.77. The number of nitrogens with zero attached hydrogens (tertiary/aromatic N) is 3. The molecule has 0 N–H and O–H groups in total. The van der Waals surface area contributed by atoms with Crippen molar-refractivity contribution in [1.82, 2.24) is 9.88 Å². The molecule has 0 bridgehead atoms. The lowest BCUT2D eigenvalue weighted by atomic mass is 10.1. The number of benzene rings is 1. The molecule has 2 aromatic heterocycles. The Balaban J connectivity index is 1.58. The smallest absolute Gasteiger partial charge is 0.270 e. The van der Waals surface area contributed by atoms with Crippen molar-refractivity contribution < 1.29 is 9.53 Å². The predicted octanol–water partition coefficient (Wildman–Crippen LogP) is 5.00. The first-order valence-corrected chi connectivity index (χ1v) is 11.8. The maximum Gasteiger partial charge on any atom is 0.270 e. The summed E-state index contributed by atoms with van der Waals surface area (Å²) in [6, 6.07) is 7.78. The largest absolute Gasteiger partial charge is 0.379 e. The number of carbonyl (C=O) groups excluding carboxylic acids is 1. The number of thiophene rings is 1. The lowest BCUT2D eigenvalue weighted by Crippen LogP contribution is -2.39. The molecule has 5 nitrogen and oxygen atoms in total. The summed E-state index contributed by atoms with van der Waals surface area (Å²) in [5, 5.41) is 0.755. The van der Waals surface area contributed by atoms with Crippen LogP contribution in [0.5, 0.6) is 0 Å². The van der Waals surface area contributed by atoms with E-state index in [2.05, 4.69) is 30.9 Å². The van der Waals surface area contributed by atoms with E-state index in [1.54, 1.807) is 23.5 Å². The summed E-state index contributed by atoms with van der Waals surface area (Å²) < 4.78 is 7.16. The van der Waals surface area contributed by atoms with Gasteiger partial charge in [0, 0.05) is 26.2 Å². The van der Waals surface area contributed by atoms with Crippen LogP contribution in [0.15, 0.2) is 24.3 Å². The molecule has 29 heavy (non-hydrogen) atoms. The number of thiazole rings is 1. The van der Waals surface area contributed by atoms with Crippen molar-refractivity contribution in [3.8, 4) is 0 Å². The molecule has 1 aromatic carbocycles. The Labute approximate surface area is 183 Å². The molecule has 1 aliphatic heterocycles. The maximum absolute atomic E-state index is 13.3. The van der Waals surface area contributed by atoms with E-state index in [4.69, 9.17) is 21.3 Å². The maximum atomic E-state index is 13.3. The molecule has 4 rings (SSSR count). The number of amides is 1. The molecular weight excluding hydrogens is 426 g/mol. The number of halogens is 1. The van der Waals surface area contributed by atoms with Crippen molar-refractivity contribution in [3.63, 3.8) is 0 Å². The lowest BCUT2D eigenvalue weighted by Gasteiger charge is -2.27. The number of fused-ring (bicyclic) bond motifs is 1. The average molecular weight is 450 g/mol. The molecule has 0 unspecified atom stereocenters. The summed E-state index contributed by atoms with van der Waals surface area (Å²) in [6.07, 6.45) is 0.888. The van der Waals surface area contributed by atoms with Gasteiger partial charge in [-0.1, -0.05) is 29.0 Å². The monoisotopic (exact) mass is 449 g/mol. The highest BCUT2D eigenvalue weighted by atomic mass is 35.5. The van der Waals surface area contributed by atoms with E-state index in [1.807, 2.05) is 4.90 Å². The van der Waals surface area contributed by atoms with Gasteiger partial charge in [0.2, 0.25) is 0 Å². The minimum absolute atomic E-state index is 0.0303. The van der Waals surface area contributed by atoms with Crippen LogP contribution in [0.2, 0.25) is 4.34 Å². The summed E-state index contributed by atoms with van der Waals surface area (Å²) >= 11 is 8.97. The van der Waals surface area contributed by atoms with Crippen LogP contribution in [0, 0.1) is 13.8 Å². The molecule has 154 valence electrons. The predicted molar refractivity (Wildman–Crippen MR) is 122 cm³/mol. The molecule has 3 aromatic rings. The standard InChI is InChI=1S/C21H24ClN3O2S2/c1-14-4-5-16-19(15(14)2)23-21(29-16)25(20(26)17-6-7-18(22)28-17)9-3-8-24-10-12-27-13-11-24/h4-7H,3,8-13H2,1-2H3. The summed E-state index contributed by atoms with van der Waals surface area (Å²) in [6.45, 7) is 9.23. The Hall–Kier alpha value is -1.51. The third-order valence-corrected chi connectivity index (χ3v) is 7.56. The topological polar surface area (TPSA) is 45.7 Å². The van der Waals surface area contributed by atoms with Gasteiger partial charge in [0.25, 0.3) is 5.91 Å². The number of aromatic nitrogens is 1.